The van der Waals surface area contributed by atoms with E-state index in [1.54, 1.807) is 23.9 Å². The number of carbonyl (C=O) groups is 1. The van der Waals surface area contributed by atoms with E-state index >= 15 is 0 Å². The van der Waals surface area contributed by atoms with Gasteiger partial charge in [0.15, 0.2) is 11.6 Å². The lowest BCUT2D eigenvalue weighted by Crippen LogP contribution is -2.16. The molecule has 2 atom stereocenters. The summed E-state index contributed by atoms with van der Waals surface area (Å²) in [5.74, 6) is -1.77. The summed E-state index contributed by atoms with van der Waals surface area (Å²) < 4.78 is 33.3. The average Bonchev–Trinajstić information content (AvgIpc) is 3.05. The number of aromatic nitrogens is 1. The predicted octanol–water partition coefficient (Wildman–Crippen LogP) is 7.51. The van der Waals surface area contributed by atoms with Crippen LogP contribution in [0, 0.1) is 17.6 Å². The van der Waals surface area contributed by atoms with Crippen LogP contribution in [0.5, 0.6) is 5.75 Å². The quantitative estimate of drug-likeness (QED) is 0.275. The second-order valence-corrected chi connectivity index (χ2v) is 10.1. The molecule has 1 aliphatic heterocycles. The standard InChI is InChI=1S/C30H25F2NO3S/c1-2-19(30(34)35)17-37-29-23-6-4-3-5-21(23)16-36-28-12-8-18(13-24(28)29)7-10-22-11-9-20-14-25(31)26(32)15-27(20)33-22/h3-15,19,29H,2,16-17H2,1H3,(H,34,35). The molecule has 188 valence electrons. The molecule has 0 saturated carbocycles. The number of benzene rings is 3. The summed E-state index contributed by atoms with van der Waals surface area (Å²) in [7, 11) is 0. The first kappa shape index (κ1) is 25.0. The molecule has 0 amide bonds. The fraction of sp³-hybridized carbons (Fsp3) is 0.200. The van der Waals surface area contributed by atoms with Crippen LogP contribution < -0.4 is 4.74 Å². The fourth-order valence-corrected chi connectivity index (χ4v) is 5.99. The van der Waals surface area contributed by atoms with Crippen LogP contribution >= 0.6 is 11.8 Å². The number of ether oxygens (including phenoxy) is 1. The summed E-state index contributed by atoms with van der Waals surface area (Å²) >= 11 is 1.62. The smallest absolute Gasteiger partial charge is 0.307 e. The second kappa shape index (κ2) is 10.7. The van der Waals surface area contributed by atoms with E-state index in [1.807, 2.05) is 49.4 Å². The maximum Gasteiger partial charge on any atom is 0.307 e. The van der Waals surface area contributed by atoms with Crippen molar-refractivity contribution in [2.24, 2.45) is 5.92 Å². The van der Waals surface area contributed by atoms with Crippen LogP contribution in [-0.2, 0) is 11.4 Å². The second-order valence-electron chi connectivity index (χ2n) is 8.97. The predicted molar refractivity (Wildman–Crippen MR) is 144 cm³/mol. The third kappa shape index (κ3) is 5.37. The first-order valence-electron chi connectivity index (χ1n) is 12.1. The van der Waals surface area contributed by atoms with Crippen LogP contribution in [0.3, 0.4) is 0 Å². The Bertz CT molecular complexity index is 1500. The van der Waals surface area contributed by atoms with Crippen LogP contribution in [-0.4, -0.2) is 21.8 Å². The Balaban J connectivity index is 1.48. The van der Waals surface area contributed by atoms with Gasteiger partial charge in [-0.05, 0) is 53.5 Å². The zero-order valence-corrected chi connectivity index (χ0v) is 21.0. The molecule has 1 aromatic heterocycles. The number of carboxylic acids is 1. The highest BCUT2D eigenvalue weighted by Crippen LogP contribution is 2.45. The summed E-state index contributed by atoms with van der Waals surface area (Å²) in [6.07, 6.45) is 4.31. The van der Waals surface area contributed by atoms with Gasteiger partial charge in [-0.25, -0.2) is 13.8 Å². The van der Waals surface area contributed by atoms with Crippen molar-refractivity contribution in [2.45, 2.75) is 25.2 Å². The van der Waals surface area contributed by atoms with Crippen LogP contribution in [0.2, 0.25) is 0 Å². The third-order valence-electron chi connectivity index (χ3n) is 6.54. The first-order chi connectivity index (χ1) is 17.9. The molecule has 0 fully saturated rings. The van der Waals surface area contributed by atoms with Crippen molar-refractivity contribution in [3.63, 3.8) is 0 Å². The summed E-state index contributed by atoms with van der Waals surface area (Å²) in [6.45, 7) is 2.34. The number of fused-ring (bicyclic) bond motifs is 3. The highest BCUT2D eigenvalue weighted by molar-refractivity contribution is 7.99. The lowest BCUT2D eigenvalue weighted by molar-refractivity contribution is -0.140. The van der Waals surface area contributed by atoms with E-state index in [9.17, 15) is 18.7 Å². The van der Waals surface area contributed by atoms with Gasteiger partial charge in [-0.3, -0.25) is 4.79 Å². The molecule has 1 N–H and O–H groups in total. The summed E-state index contributed by atoms with van der Waals surface area (Å²) in [5.41, 5.74) is 5.12. The van der Waals surface area contributed by atoms with Gasteiger partial charge in [-0.1, -0.05) is 49.4 Å². The average molecular weight is 518 g/mol. The Morgan fingerprint density at radius 2 is 1.89 bits per heavy atom. The van der Waals surface area contributed by atoms with Crippen LogP contribution in [0.25, 0.3) is 23.1 Å². The molecule has 2 unspecified atom stereocenters. The van der Waals surface area contributed by atoms with E-state index in [1.165, 1.54) is 0 Å². The largest absolute Gasteiger partial charge is 0.489 e. The fourth-order valence-electron chi connectivity index (χ4n) is 4.42. The summed E-state index contributed by atoms with van der Waals surface area (Å²) in [6, 6.07) is 19.8. The Morgan fingerprint density at radius 3 is 2.70 bits per heavy atom. The maximum atomic E-state index is 13.7. The van der Waals surface area contributed by atoms with Crippen LogP contribution in [0.4, 0.5) is 8.78 Å². The Morgan fingerprint density at radius 1 is 1.08 bits per heavy atom. The van der Waals surface area contributed by atoms with Crippen molar-refractivity contribution < 1.29 is 23.4 Å². The molecule has 0 saturated heterocycles. The maximum absolute atomic E-state index is 13.7. The van der Waals surface area contributed by atoms with Gasteiger partial charge in [-0.2, -0.15) is 0 Å². The minimum absolute atomic E-state index is 0.0767. The number of thioether (sulfide) groups is 1. The molecule has 0 bridgehead atoms. The number of nitrogens with zero attached hydrogens (tertiary/aromatic N) is 1. The van der Waals surface area contributed by atoms with Crippen molar-refractivity contribution >= 4 is 40.8 Å². The molecule has 37 heavy (non-hydrogen) atoms. The number of hydrogen-bond acceptors (Lipinski definition) is 4. The zero-order chi connectivity index (χ0) is 25.9. The lowest BCUT2D eigenvalue weighted by atomic mass is 9.98. The third-order valence-corrected chi connectivity index (χ3v) is 7.98. The molecule has 4 nitrogen and oxygen atoms in total. The molecule has 7 heteroatoms. The van der Waals surface area contributed by atoms with Gasteiger partial charge in [-0.15, -0.1) is 11.8 Å². The van der Waals surface area contributed by atoms with E-state index in [2.05, 4.69) is 17.1 Å². The Kier molecular flexibility index (Phi) is 7.24. The Hall–Kier alpha value is -3.71. The van der Waals surface area contributed by atoms with Gasteiger partial charge < -0.3 is 9.84 Å². The highest BCUT2D eigenvalue weighted by Gasteiger charge is 2.27. The van der Waals surface area contributed by atoms with Crippen LogP contribution in [0.15, 0.2) is 66.7 Å². The normalized spacial score (nSPS) is 15.6. The molecule has 4 aromatic rings. The number of pyridine rings is 1. The number of halogens is 2. The molecule has 2 heterocycles. The lowest BCUT2D eigenvalue weighted by Gasteiger charge is -2.21. The summed E-state index contributed by atoms with van der Waals surface area (Å²) in [5, 5.41) is 10.0. The monoisotopic (exact) mass is 517 g/mol. The molecular weight excluding hydrogens is 492 g/mol. The van der Waals surface area contributed by atoms with E-state index in [4.69, 9.17) is 4.74 Å². The van der Waals surface area contributed by atoms with Gasteiger partial charge in [0.05, 0.1) is 22.4 Å². The zero-order valence-electron chi connectivity index (χ0n) is 20.2. The van der Waals surface area contributed by atoms with E-state index in [0.29, 0.717) is 35.4 Å². The molecule has 5 rings (SSSR count). The summed E-state index contributed by atoms with van der Waals surface area (Å²) in [4.78, 5) is 16.1. The number of rotatable bonds is 7. The number of aliphatic carboxylic acids is 1. The highest BCUT2D eigenvalue weighted by atomic mass is 32.2. The van der Waals surface area contributed by atoms with E-state index < -0.39 is 23.5 Å². The topological polar surface area (TPSA) is 59.4 Å². The minimum atomic E-state index is -0.927. The molecule has 3 aromatic carbocycles. The van der Waals surface area contributed by atoms with Crippen LogP contribution in [0.1, 0.15) is 46.5 Å². The van der Waals surface area contributed by atoms with Crippen molar-refractivity contribution in [1.29, 1.82) is 0 Å². The van der Waals surface area contributed by atoms with Gasteiger partial charge in [0, 0.05) is 22.8 Å². The minimum Gasteiger partial charge on any atom is -0.489 e. The molecule has 0 spiro atoms. The Labute approximate surface area is 218 Å². The molecule has 0 aliphatic carbocycles. The van der Waals surface area contributed by atoms with Crippen molar-refractivity contribution in [3.8, 4) is 5.75 Å². The molecule has 0 radical (unpaired) electrons. The van der Waals surface area contributed by atoms with Crippen molar-refractivity contribution in [3.05, 3.63) is 106 Å². The molecule has 1 aliphatic rings. The number of hydrogen-bond donors (Lipinski definition) is 1. The SMILES string of the molecule is CCC(CSC1c2ccccc2COc2ccc(C=Cc3ccc4cc(F)c(F)cc4n3)cc21)C(=O)O. The van der Waals surface area contributed by atoms with Gasteiger partial charge >= 0.3 is 5.97 Å². The van der Waals surface area contributed by atoms with Crippen molar-refractivity contribution in [2.75, 3.05) is 5.75 Å². The van der Waals surface area contributed by atoms with Gasteiger partial charge in [0.25, 0.3) is 0 Å². The number of carboxylic acid groups (broad SMARTS) is 1. The molecular formula is C30H25F2NO3S. The van der Waals surface area contributed by atoms with E-state index in [-0.39, 0.29) is 5.25 Å². The van der Waals surface area contributed by atoms with Crippen molar-refractivity contribution in [1.82, 2.24) is 4.98 Å². The van der Waals surface area contributed by atoms with Gasteiger partial charge in [0.2, 0.25) is 0 Å². The first-order valence-corrected chi connectivity index (χ1v) is 13.1. The van der Waals surface area contributed by atoms with Gasteiger partial charge in [0.1, 0.15) is 12.4 Å². The van der Waals surface area contributed by atoms with E-state index in [0.717, 1.165) is 40.1 Å².